The lowest BCUT2D eigenvalue weighted by molar-refractivity contribution is -0.408. The maximum absolute atomic E-state index is 11.4. The van der Waals surface area contributed by atoms with Gasteiger partial charge < -0.3 is 30.9 Å². The molecule has 17 heavy (non-hydrogen) atoms. The van der Waals surface area contributed by atoms with Gasteiger partial charge in [0.15, 0.2) is 6.04 Å². The molecular weight excluding hydrogens is 228 g/mol. The summed E-state index contributed by atoms with van der Waals surface area (Å²) in [5.41, 5.74) is 3.32. The summed E-state index contributed by atoms with van der Waals surface area (Å²) in [5, 5.41) is 23.2. The average molecular weight is 245 g/mol. The van der Waals surface area contributed by atoms with Crippen molar-refractivity contribution in [3.05, 3.63) is 0 Å². The number of hydrogen-bond donors (Lipinski definition) is 2. The molecule has 0 aromatic rings. The van der Waals surface area contributed by atoms with Crippen molar-refractivity contribution in [1.82, 2.24) is 5.32 Å². The molecule has 0 aliphatic carbocycles. The largest absolute Gasteiger partial charge is 0.550 e. The molecule has 0 aromatic heterocycles. The Morgan fingerprint density at radius 3 is 2.12 bits per heavy atom. The SMILES string of the molecule is CC(C)C[C@@H](NC(=O)[C@H]([NH3+])CC(=O)[O-])C(=O)[O-]. The van der Waals surface area contributed by atoms with E-state index in [9.17, 15) is 24.6 Å². The molecule has 0 aromatic carbocycles. The van der Waals surface area contributed by atoms with E-state index >= 15 is 0 Å². The lowest BCUT2D eigenvalue weighted by Crippen LogP contribution is -2.70. The summed E-state index contributed by atoms with van der Waals surface area (Å²) in [5.74, 6) is -3.48. The van der Waals surface area contributed by atoms with Crippen LogP contribution in [0.5, 0.6) is 0 Å². The van der Waals surface area contributed by atoms with Crippen LogP contribution < -0.4 is 21.3 Å². The van der Waals surface area contributed by atoms with Crippen molar-refractivity contribution in [3.8, 4) is 0 Å². The number of carboxylic acid groups (broad SMARTS) is 2. The van der Waals surface area contributed by atoms with E-state index in [-0.39, 0.29) is 12.3 Å². The zero-order valence-electron chi connectivity index (χ0n) is 9.89. The molecule has 7 nitrogen and oxygen atoms in total. The average Bonchev–Trinajstić information content (AvgIpc) is 2.14. The highest BCUT2D eigenvalue weighted by Gasteiger charge is 2.22. The molecule has 0 aliphatic heterocycles. The van der Waals surface area contributed by atoms with Gasteiger partial charge in [0, 0.05) is 12.4 Å². The van der Waals surface area contributed by atoms with Gasteiger partial charge in [-0.15, -0.1) is 0 Å². The van der Waals surface area contributed by atoms with Crippen molar-refractivity contribution in [1.29, 1.82) is 0 Å². The first-order chi connectivity index (χ1) is 7.73. The van der Waals surface area contributed by atoms with Crippen molar-refractivity contribution in [2.24, 2.45) is 5.92 Å². The first-order valence-corrected chi connectivity index (χ1v) is 5.28. The molecular formula is C10H17N2O5-. The van der Waals surface area contributed by atoms with E-state index in [0.29, 0.717) is 0 Å². The Morgan fingerprint density at radius 2 is 1.76 bits per heavy atom. The van der Waals surface area contributed by atoms with Crippen LogP contribution in [0.1, 0.15) is 26.7 Å². The maximum Gasteiger partial charge on any atom is 0.279 e. The number of rotatable bonds is 7. The summed E-state index contributed by atoms with van der Waals surface area (Å²) in [7, 11) is 0. The maximum atomic E-state index is 11.4. The van der Waals surface area contributed by atoms with Gasteiger partial charge in [-0.3, -0.25) is 4.79 Å². The molecule has 1 amide bonds. The minimum absolute atomic E-state index is 0.0580. The van der Waals surface area contributed by atoms with E-state index in [1.807, 2.05) is 0 Å². The fourth-order valence-corrected chi connectivity index (χ4v) is 1.27. The monoisotopic (exact) mass is 245 g/mol. The second-order valence-electron chi connectivity index (χ2n) is 4.28. The second kappa shape index (κ2) is 6.85. The molecule has 0 heterocycles. The van der Waals surface area contributed by atoms with Gasteiger partial charge in [0.05, 0.1) is 12.0 Å². The number of carboxylic acids is 2. The molecule has 0 rings (SSSR count). The van der Waals surface area contributed by atoms with Gasteiger partial charge >= 0.3 is 0 Å². The first kappa shape index (κ1) is 15.4. The van der Waals surface area contributed by atoms with Gasteiger partial charge in [-0.1, -0.05) is 13.8 Å². The summed E-state index contributed by atoms with van der Waals surface area (Å²) in [6, 6.07) is -2.21. The zero-order valence-corrected chi connectivity index (χ0v) is 9.89. The van der Waals surface area contributed by atoms with Crippen molar-refractivity contribution >= 4 is 17.8 Å². The number of hydrogen-bond acceptors (Lipinski definition) is 5. The highest BCUT2D eigenvalue weighted by molar-refractivity contribution is 5.87. The standard InChI is InChI=1S/C10H18N2O5/c1-5(2)3-7(10(16)17)12-9(15)6(11)4-8(13)14/h5-7H,3-4,11H2,1-2H3,(H,12,15)(H,13,14)(H,16,17)/p-1/t6-,7-/m1/s1. The summed E-state index contributed by atoms with van der Waals surface area (Å²) in [6.07, 6.45) is -0.334. The van der Waals surface area contributed by atoms with Crippen molar-refractivity contribution in [2.75, 3.05) is 0 Å². The summed E-state index contributed by atoms with van der Waals surface area (Å²) in [6.45, 7) is 3.59. The van der Waals surface area contributed by atoms with Gasteiger partial charge in [0.2, 0.25) is 0 Å². The molecule has 7 heteroatoms. The number of carbonyl (C=O) groups is 3. The predicted molar refractivity (Wildman–Crippen MR) is 52.7 cm³/mol. The molecule has 0 fully saturated rings. The zero-order chi connectivity index (χ0) is 13.6. The topological polar surface area (TPSA) is 137 Å². The molecule has 0 spiro atoms. The molecule has 98 valence electrons. The third kappa shape index (κ3) is 6.52. The van der Waals surface area contributed by atoms with Crippen LogP contribution >= 0.6 is 0 Å². The van der Waals surface area contributed by atoms with E-state index in [2.05, 4.69) is 11.1 Å². The third-order valence-corrected chi connectivity index (χ3v) is 2.09. The lowest BCUT2D eigenvalue weighted by Gasteiger charge is -2.22. The van der Waals surface area contributed by atoms with Gasteiger partial charge in [-0.05, 0) is 12.3 Å². The molecule has 0 saturated carbocycles. The van der Waals surface area contributed by atoms with Crippen LogP contribution in [0.25, 0.3) is 0 Å². The number of quaternary nitrogens is 1. The van der Waals surface area contributed by atoms with Gasteiger partial charge in [-0.2, -0.15) is 0 Å². The molecule has 0 aliphatic rings. The van der Waals surface area contributed by atoms with Crippen molar-refractivity contribution in [2.45, 2.75) is 38.8 Å². The van der Waals surface area contributed by atoms with Gasteiger partial charge in [0.1, 0.15) is 0 Å². The smallest absolute Gasteiger partial charge is 0.279 e. The Labute approximate surface area is 99.0 Å². The van der Waals surface area contributed by atoms with E-state index < -0.39 is 36.4 Å². The predicted octanol–water partition coefficient (Wildman–Crippen LogP) is -3.98. The number of aliphatic carboxylic acids is 2. The van der Waals surface area contributed by atoms with Crippen LogP contribution in [-0.4, -0.2) is 29.9 Å². The quantitative estimate of drug-likeness (QED) is 0.471. The normalized spacial score (nSPS) is 14.1. The van der Waals surface area contributed by atoms with E-state index in [1.165, 1.54) is 0 Å². The fourth-order valence-electron chi connectivity index (χ4n) is 1.27. The molecule has 2 atom stereocenters. The van der Waals surface area contributed by atoms with E-state index in [0.717, 1.165) is 0 Å². The Bertz CT molecular complexity index is 303. The molecule has 4 N–H and O–H groups in total. The van der Waals surface area contributed by atoms with E-state index in [1.54, 1.807) is 13.8 Å². The molecule has 0 radical (unpaired) electrons. The Balaban J connectivity index is 4.39. The lowest BCUT2D eigenvalue weighted by atomic mass is 10.0. The van der Waals surface area contributed by atoms with Crippen LogP contribution in [-0.2, 0) is 14.4 Å². The highest BCUT2D eigenvalue weighted by atomic mass is 16.4. The number of carbonyl (C=O) groups excluding carboxylic acids is 3. The Hall–Kier alpha value is -1.63. The Morgan fingerprint density at radius 1 is 1.24 bits per heavy atom. The van der Waals surface area contributed by atoms with Crippen LogP contribution in [0.4, 0.5) is 0 Å². The summed E-state index contributed by atoms with van der Waals surface area (Å²) >= 11 is 0. The highest BCUT2D eigenvalue weighted by Crippen LogP contribution is 2.04. The van der Waals surface area contributed by atoms with Crippen molar-refractivity contribution in [3.63, 3.8) is 0 Å². The molecule has 0 saturated heterocycles. The van der Waals surface area contributed by atoms with E-state index in [4.69, 9.17) is 0 Å². The molecule has 0 bridgehead atoms. The summed E-state index contributed by atoms with van der Waals surface area (Å²) in [4.78, 5) is 32.4. The fraction of sp³-hybridized carbons (Fsp3) is 0.700. The van der Waals surface area contributed by atoms with Crippen LogP contribution in [0.15, 0.2) is 0 Å². The Kier molecular flexibility index (Phi) is 6.19. The van der Waals surface area contributed by atoms with Crippen molar-refractivity contribution < 1.29 is 30.3 Å². The van der Waals surface area contributed by atoms with Gasteiger partial charge in [0.25, 0.3) is 5.91 Å². The van der Waals surface area contributed by atoms with Crippen LogP contribution in [0, 0.1) is 5.92 Å². The van der Waals surface area contributed by atoms with Crippen LogP contribution in [0.3, 0.4) is 0 Å². The second-order valence-corrected chi connectivity index (χ2v) is 4.28. The third-order valence-electron chi connectivity index (χ3n) is 2.09. The van der Waals surface area contributed by atoms with Gasteiger partial charge in [-0.25, -0.2) is 0 Å². The summed E-state index contributed by atoms with van der Waals surface area (Å²) < 4.78 is 0. The molecule has 0 unspecified atom stereocenters. The minimum Gasteiger partial charge on any atom is -0.550 e. The number of nitrogens with one attached hydrogen (secondary N) is 1. The minimum atomic E-state index is -1.41. The first-order valence-electron chi connectivity index (χ1n) is 5.28. The number of amides is 1. The van der Waals surface area contributed by atoms with Crippen LogP contribution in [0.2, 0.25) is 0 Å².